The van der Waals surface area contributed by atoms with Gasteiger partial charge in [-0.15, -0.1) is 0 Å². The number of nitrogens with one attached hydrogen (secondary N) is 2. The van der Waals surface area contributed by atoms with Gasteiger partial charge in [-0.2, -0.15) is 0 Å². The quantitative estimate of drug-likeness (QED) is 0.612. The molecular weight excluding hydrogens is 282 g/mol. The van der Waals surface area contributed by atoms with Crippen molar-refractivity contribution >= 4 is 17.8 Å². The third-order valence-electron chi connectivity index (χ3n) is 3.22. The van der Waals surface area contributed by atoms with E-state index in [-0.39, 0.29) is 18.1 Å². The van der Waals surface area contributed by atoms with Crippen molar-refractivity contribution in [2.75, 3.05) is 13.1 Å². The first-order chi connectivity index (χ1) is 10.6. The van der Waals surface area contributed by atoms with E-state index >= 15 is 0 Å². The third kappa shape index (κ3) is 3.94. The number of nitrogens with zero attached hydrogens (tertiary/aromatic N) is 1. The van der Waals surface area contributed by atoms with Crippen molar-refractivity contribution in [2.45, 2.75) is 19.8 Å². The summed E-state index contributed by atoms with van der Waals surface area (Å²) in [6.07, 6.45) is 3.01. The van der Waals surface area contributed by atoms with Gasteiger partial charge in [-0.25, -0.2) is 9.69 Å². The smallest absolute Gasteiger partial charge is 0.329 e. The maximum Gasteiger partial charge on any atom is 0.329 e. The van der Waals surface area contributed by atoms with Crippen LogP contribution in [0.25, 0.3) is 0 Å². The summed E-state index contributed by atoms with van der Waals surface area (Å²) in [6, 6.07) is 9.05. The van der Waals surface area contributed by atoms with E-state index in [2.05, 4.69) is 10.6 Å². The van der Waals surface area contributed by atoms with Crippen molar-refractivity contribution in [1.29, 1.82) is 0 Å². The molecule has 1 aliphatic heterocycles. The van der Waals surface area contributed by atoms with Crippen molar-refractivity contribution in [3.05, 3.63) is 47.7 Å². The highest BCUT2D eigenvalue weighted by atomic mass is 16.2. The van der Waals surface area contributed by atoms with E-state index < -0.39 is 11.9 Å². The fraction of sp³-hybridized carbons (Fsp3) is 0.312. The summed E-state index contributed by atoms with van der Waals surface area (Å²) in [5, 5.41) is 5.14. The third-order valence-corrected chi connectivity index (χ3v) is 3.22. The Labute approximate surface area is 129 Å². The van der Waals surface area contributed by atoms with E-state index in [1.54, 1.807) is 6.08 Å². The van der Waals surface area contributed by atoms with Gasteiger partial charge in [0.15, 0.2) is 0 Å². The van der Waals surface area contributed by atoms with Crippen LogP contribution in [0.15, 0.2) is 42.1 Å². The number of amides is 4. The minimum absolute atomic E-state index is 0.220. The van der Waals surface area contributed by atoms with Crippen LogP contribution >= 0.6 is 0 Å². The van der Waals surface area contributed by atoms with Crippen LogP contribution < -0.4 is 10.6 Å². The summed E-state index contributed by atoms with van der Waals surface area (Å²) >= 11 is 0. The molecule has 116 valence electrons. The first kappa shape index (κ1) is 15.8. The van der Waals surface area contributed by atoms with Gasteiger partial charge in [0.05, 0.1) is 0 Å². The van der Waals surface area contributed by atoms with Crippen molar-refractivity contribution in [1.82, 2.24) is 15.5 Å². The highest BCUT2D eigenvalue weighted by Crippen LogP contribution is 2.11. The summed E-state index contributed by atoms with van der Waals surface area (Å²) in [6.45, 7) is 2.20. The van der Waals surface area contributed by atoms with Crippen LogP contribution in [-0.2, 0) is 16.0 Å². The summed E-state index contributed by atoms with van der Waals surface area (Å²) in [5.41, 5.74) is 1.26. The van der Waals surface area contributed by atoms with Crippen LogP contribution in [0.5, 0.6) is 0 Å². The molecule has 6 nitrogen and oxygen atoms in total. The monoisotopic (exact) mass is 301 g/mol. The molecule has 1 heterocycles. The van der Waals surface area contributed by atoms with E-state index in [9.17, 15) is 14.4 Å². The maximum atomic E-state index is 12.1. The number of urea groups is 1. The van der Waals surface area contributed by atoms with Crippen LogP contribution in [0.3, 0.4) is 0 Å². The zero-order valence-electron chi connectivity index (χ0n) is 12.5. The molecule has 0 spiro atoms. The van der Waals surface area contributed by atoms with E-state index in [0.717, 1.165) is 16.9 Å². The molecule has 6 heteroatoms. The molecule has 1 aromatic rings. The predicted octanol–water partition coefficient (Wildman–Crippen LogP) is 1.19. The lowest BCUT2D eigenvalue weighted by molar-refractivity contribution is -0.129. The van der Waals surface area contributed by atoms with Gasteiger partial charge in [-0.3, -0.25) is 9.59 Å². The first-order valence-electron chi connectivity index (χ1n) is 7.25. The molecule has 0 atom stereocenters. The molecule has 1 fully saturated rings. The minimum Gasteiger partial charge on any atom is -0.355 e. The number of carbonyl (C=O) groups excluding carboxylic acids is 3. The molecule has 0 saturated carbocycles. The van der Waals surface area contributed by atoms with Gasteiger partial charge in [0, 0.05) is 6.54 Å². The van der Waals surface area contributed by atoms with Gasteiger partial charge >= 0.3 is 6.03 Å². The second kappa shape index (κ2) is 7.40. The van der Waals surface area contributed by atoms with Crippen LogP contribution in [-0.4, -0.2) is 35.8 Å². The highest BCUT2D eigenvalue weighted by molar-refractivity contribution is 6.13. The van der Waals surface area contributed by atoms with E-state index in [0.29, 0.717) is 13.0 Å². The summed E-state index contributed by atoms with van der Waals surface area (Å²) in [4.78, 5) is 36.5. The Morgan fingerprint density at radius 3 is 2.68 bits per heavy atom. The van der Waals surface area contributed by atoms with Gasteiger partial charge < -0.3 is 10.6 Å². The molecule has 0 bridgehead atoms. The zero-order valence-corrected chi connectivity index (χ0v) is 12.5. The Balaban J connectivity index is 1.97. The SMILES string of the molecule is CCCNC(=O)CN1C(=O)NC(=CCc2ccccc2)C1=O. The van der Waals surface area contributed by atoms with Crippen LogP contribution in [0.1, 0.15) is 18.9 Å². The predicted molar refractivity (Wildman–Crippen MR) is 81.8 cm³/mol. The lowest BCUT2D eigenvalue weighted by Crippen LogP contribution is -2.41. The Kier molecular flexibility index (Phi) is 5.30. The lowest BCUT2D eigenvalue weighted by atomic mass is 10.1. The number of rotatable bonds is 6. The van der Waals surface area contributed by atoms with E-state index in [1.807, 2.05) is 37.3 Å². The highest BCUT2D eigenvalue weighted by Gasteiger charge is 2.34. The average Bonchev–Trinajstić information content (AvgIpc) is 2.79. The fourth-order valence-electron chi connectivity index (χ4n) is 2.05. The van der Waals surface area contributed by atoms with Gasteiger partial charge in [-0.1, -0.05) is 43.3 Å². The molecule has 0 unspecified atom stereocenters. The van der Waals surface area contributed by atoms with Crippen LogP contribution in [0.4, 0.5) is 4.79 Å². The molecule has 1 saturated heterocycles. The van der Waals surface area contributed by atoms with Crippen LogP contribution in [0.2, 0.25) is 0 Å². The summed E-state index contributed by atoms with van der Waals surface area (Å²) < 4.78 is 0. The molecule has 22 heavy (non-hydrogen) atoms. The van der Waals surface area contributed by atoms with Gasteiger partial charge in [-0.05, 0) is 18.4 Å². The lowest BCUT2D eigenvalue weighted by Gasteiger charge is -2.11. The number of hydrogen-bond donors (Lipinski definition) is 2. The fourth-order valence-corrected chi connectivity index (χ4v) is 2.05. The van der Waals surface area contributed by atoms with Crippen molar-refractivity contribution < 1.29 is 14.4 Å². The molecule has 0 aromatic heterocycles. The van der Waals surface area contributed by atoms with Gasteiger partial charge in [0.1, 0.15) is 12.2 Å². The molecule has 1 aliphatic rings. The normalized spacial score (nSPS) is 16.0. The molecule has 2 rings (SSSR count). The average molecular weight is 301 g/mol. The first-order valence-corrected chi connectivity index (χ1v) is 7.25. The molecule has 0 radical (unpaired) electrons. The second-order valence-corrected chi connectivity index (χ2v) is 4.98. The summed E-state index contributed by atoms with van der Waals surface area (Å²) in [5.74, 6) is -0.803. The molecule has 0 aliphatic carbocycles. The molecular formula is C16H19N3O3. The second-order valence-electron chi connectivity index (χ2n) is 4.98. The number of hydrogen-bond acceptors (Lipinski definition) is 3. The molecule has 4 amide bonds. The van der Waals surface area contributed by atoms with Crippen molar-refractivity contribution in [3.63, 3.8) is 0 Å². The summed E-state index contributed by atoms with van der Waals surface area (Å²) in [7, 11) is 0. The Morgan fingerprint density at radius 1 is 1.27 bits per heavy atom. The number of carbonyl (C=O) groups is 3. The topological polar surface area (TPSA) is 78.5 Å². The van der Waals surface area contributed by atoms with E-state index in [4.69, 9.17) is 0 Å². The number of imide groups is 1. The number of allylic oxidation sites excluding steroid dienone is 1. The van der Waals surface area contributed by atoms with Crippen molar-refractivity contribution in [3.8, 4) is 0 Å². The minimum atomic E-state index is -0.559. The molecule has 2 N–H and O–H groups in total. The van der Waals surface area contributed by atoms with Gasteiger partial charge in [0.25, 0.3) is 5.91 Å². The Morgan fingerprint density at radius 2 is 2.00 bits per heavy atom. The van der Waals surface area contributed by atoms with Crippen molar-refractivity contribution in [2.24, 2.45) is 0 Å². The Bertz CT molecular complexity index is 596. The van der Waals surface area contributed by atoms with E-state index in [1.165, 1.54) is 0 Å². The Hall–Kier alpha value is -2.63. The largest absolute Gasteiger partial charge is 0.355 e. The number of benzene rings is 1. The maximum absolute atomic E-state index is 12.1. The zero-order chi connectivity index (χ0) is 15.9. The van der Waals surface area contributed by atoms with Gasteiger partial charge in [0.2, 0.25) is 5.91 Å². The van der Waals surface area contributed by atoms with Crippen LogP contribution in [0, 0.1) is 0 Å². The molecule has 1 aromatic carbocycles. The standard InChI is InChI=1S/C16H19N3O3/c1-2-10-17-14(20)11-19-15(21)13(18-16(19)22)9-8-12-6-4-3-5-7-12/h3-7,9H,2,8,10-11H2,1H3,(H,17,20)(H,18,22).